The van der Waals surface area contributed by atoms with Crippen LogP contribution in [0.5, 0.6) is 0 Å². The number of aromatic nitrogens is 1. The smallest absolute Gasteiger partial charge is 0.0457 e. The molecular weight excluding hydrogens is 172 g/mol. The number of aromatic amines is 1. The molecule has 0 bridgehead atoms. The van der Waals surface area contributed by atoms with Gasteiger partial charge in [-0.05, 0) is 44.1 Å². The largest absolute Gasteiger partial charge is 0.361 e. The molecule has 2 heteroatoms. The minimum absolute atomic E-state index is 0.461. The van der Waals surface area contributed by atoms with E-state index in [1.54, 1.807) is 0 Å². The predicted molar refractivity (Wildman–Crippen MR) is 60.4 cm³/mol. The standard InChI is InChI=1S/C12H16N2/c1-9(14(2)3)11-5-4-10-6-7-13-12(10)8-11/h4-9,13H,1-3H3. The Morgan fingerprint density at radius 1 is 1.21 bits per heavy atom. The maximum atomic E-state index is 3.24. The number of hydrogen-bond acceptors (Lipinski definition) is 1. The van der Waals surface area contributed by atoms with Crippen LogP contribution in [0, 0.1) is 0 Å². The number of benzene rings is 1. The van der Waals surface area contributed by atoms with Gasteiger partial charge in [-0.1, -0.05) is 12.1 Å². The lowest BCUT2D eigenvalue weighted by molar-refractivity contribution is 0.321. The number of nitrogens with one attached hydrogen (secondary N) is 1. The Bertz CT molecular complexity index is 429. The molecule has 14 heavy (non-hydrogen) atoms. The van der Waals surface area contributed by atoms with E-state index in [9.17, 15) is 0 Å². The third kappa shape index (κ3) is 1.53. The summed E-state index contributed by atoms with van der Waals surface area (Å²) in [6, 6.07) is 9.14. The Morgan fingerprint density at radius 3 is 2.71 bits per heavy atom. The maximum absolute atomic E-state index is 3.24. The highest BCUT2D eigenvalue weighted by molar-refractivity contribution is 5.79. The number of hydrogen-bond donors (Lipinski definition) is 1. The summed E-state index contributed by atoms with van der Waals surface area (Å²) in [5.41, 5.74) is 2.57. The zero-order valence-corrected chi connectivity index (χ0v) is 8.91. The molecule has 1 unspecified atom stereocenters. The second kappa shape index (κ2) is 3.46. The van der Waals surface area contributed by atoms with Gasteiger partial charge in [0.2, 0.25) is 0 Å². The van der Waals surface area contributed by atoms with E-state index in [0.29, 0.717) is 6.04 Å². The van der Waals surface area contributed by atoms with Crippen molar-refractivity contribution in [1.82, 2.24) is 9.88 Å². The van der Waals surface area contributed by atoms with Gasteiger partial charge in [-0.2, -0.15) is 0 Å². The lowest BCUT2D eigenvalue weighted by Crippen LogP contribution is -2.16. The molecule has 74 valence electrons. The topological polar surface area (TPSA) is 19.0 Å². The molecule has 0 fully saturated rings. The van der Waals surface area contributed by atoms with Gasteiger partial charge < -0.3 is 9.88 Å². The average molecular weight is 188 g/mol. The Balaban J connectivity index is 2.43. The minimum Gasteiger partial charge on any atom is -0.361 e. The van der Waals surface area contributed by atoms with Crippen LogP contribution in [0.1, 0.15) is 18.5 Å². The summed E-state index contributed by atoms with van der Waals surface area (Å²) in [4.78, 5) is 5.45. The van der Waals surface area contributed by atoms with Crippen LogP contribution in [-0.4, -0.2) is 24.0 Å². The molecule has 0 saturated carbocycles. The molecule has 1 N–H and O–H groups in total. The lowest BCUT2D eigenvalue weighted by atomic mass is 10.1. The summed E-state index contributed by atoms with van der Waals surface area (Å²) in [7, 11) is 4.20. The van der Waals surface area contributed by atoms with E-state index >= 15 is 0 Å². The zero-order valence-electron chi connectivity index (χ0n) is 8.91. The van der Waals surface area contributed by atoms with Gasteiger partial charge in [0.05, 0.1) is 0 Å². The summed E-state index contributed by atoms with van der Waals surface area (Å²) in [5.74, 6) is 0. The molecule has 0 aliphatic rings. The first-order chi connectivity index (χ1) is 6.68. The van der Waals surface area contributed by atoms with Gasteiger partial charge in [-0.25, -0.2) is 0 Å². The molecule has 0 amide bonds. The van der Waals surface area contributed by atoms with Gasteiger partial charge in [-0.3, -0.25) is 0 Å². The Kier molecular flexibility index (Phi) is 2.30. The van der Waals surface area contributed by atoms with Crippen LogP contribution in [0.15, 0.2) is 30.5 Å². The average Bonchev–Trinajstić information content (AvgIpc) is 2.62. The van der Waals surface area contributed by atoms with Crippen molar-refractivity contribution >= 4 is 10.9 Å². The van der Waals surface area contributed by atoms with Crippen molar-refractivity contribution in [1.29, 1.82) is 0 Å². The van der Waals surface area contributed by atoms with E-state index in [-0.39, 0.29) is 0 Å². The zero-order chi connectivity index (χ0) is 10.1. The first-order valence-corrected chi connectivity index (χ1v) is 4.92. The summed E-state index contributed by atoms with van der Waals surface area (Å²) < 4.78 is 0. The summed E-state index contributed by atoms with van der Waals surface area (Å²) in [5, 5.41) is 1.28. The van der Waals surface area contributed by atoms with Crippen LogP contribution in [0.2, 0.25) is 0 Å². The predicted octanol–water partition coefficient (Wildman–Crippen LogP) is 2.79. The Morgan fingerprint density at radius 2 is 2.00 bits per heavy atom. The van der Waals surface area contributed by atoms with Crippen molar-refractivity contribution < 1.29 is 0 Å². The monoisotopic (exact) mass is 188 g/mol. The molecule has 1 aromatic heterocycles. The number of fused-ring (bicyclic) bond motifs is 1. The SMILES string of the molecule is CC(c1ccc2cc[nH]c2c1)N(C)C. The minimum atomic E-state index is 0.461. The van der Waals surface area contributed by atoms with Gasteiger partial charge in [0, 0.05) is 17.8 Å². The van der Waals surface area contributed by atoms with Crippen molar-refractivity contribution in [2.24, 2.45) is 0 Å². The molecule has 2 rings (SSSR count). The third-order valence-electron chi connectivity index (χ3n) is 2.84. The molecular formula is C12H16N2. The van der Waals surface area contributed by atoms with Gasteiger partial charge in [0.1, 0.15) is 0 Å². The van der Waals surface area contributed by atoms with E-state index in [4.69, 9.17) is 0 Å². The van der Waals surface area contributed by atoms with Gasteiger partial charge in [0.25, 0.3) is 0 Å². The van der Waals surface area contributed by atoms with Crippen LogP contribution in [0.25, 0.3) is 10.9 Å². The van der Waals surface area contributed by atoms with E-state index in [2.05, 4.69) is 55.2 Å². The number of H-pyrrole nitrogens is 1. The van der Waals surface area contributed by atoms with Crippen LogP contribution in [0.4, 0.5) is 0 Å². The quantitative estimate of drug-likeness (QED) is 0.767. The summed E-state index contributed by atoms with van der Waals surface area (Å²) in [6.07, 6.45) is 1.98. The van der Waals surface area contributed by atoms with E-state index in [1.165, 1.54) is 16.5 Å². The van der Waals surface area contributed by atoms with Crippen LogP contribution < -0.4 is 0 Å². The molecule has 1 atom stereocenters. The van der Waals surface area contributed by atoms with Crippen molar-refractivity contribution in [3.05, 3.63) is 36.0 Å². The fraction of sp³-hybridized carbons (Fsp3) is 0.333. The number of nitrogens with zero attached hydrogens (tertiary/aromatic N) is 1. The third-order valence-corrected chi connectivity index (χ3v) is 2.84. The second-order valence-corrected chi connectivity index (χ2v) is 3.96. The highest BCUT2D eigenvalue weighted by atomic mass is 15.1. The normalized spacial score (nSPS) is 13.7. The molecule has 0 aliphatic heterocycles. The molecule has 0 saturated heterocycles. The van der Waals surface area contributed by atoms with Crippen LogP contribution >= 0.6 is 0 Å². The highest BCUT2D eigenvalue weighted by Gasteiger charge is 2.07. The molecule has 1 aromatic carbocycles. The second-order valence-electron chi connectivity index (χ2n) is 3.96. The highest BCUT2D eigenvalue weighted by Crippen LogP contribution is 2.21. The first kappa shape index (κ1) is 9.28. The maximum Gasteiger partial charge on any atom is 0.0457 e. The van der Waals surface area contributed by atoms with Crippen LogP contribution in [-0.2, 0) is 0 Å². The molecule has 2 nitrogen and oxygen atoms in total. The molecule has 2 aromatic rings. The lowest BCUT2D eigenvalue weighted by Gasteiger charge is -2.20. The Hall–Kier alpha value is -1.28. The van der Waals surface area contributed by atoms with E-state index < -0.39 is 0 Å². The van der Waals surface area contributed by atoms with E-state index in [0.717, 1.165) is 0 Å². The molecule has 0 spiro atoms. The van der Waals surface area contributed by atoms with Gasteiger partial charge >= 0.3 is 0 Å². The van der Waals surface area contributed by atoms with Crippen molar-refractivity contribution in [3.63, 3.8) is 0 Å². The van der Waals surface area contributed by atoms with Crippen molar-refractivity contribution in [2.45, 2.75) is 13.0 Å². The van der Waals surface area contributed by atoms with E-state index in [1.807, 2.05) is 6.20 Å². The van der Waals surface area contributed by atoms with Gasteiger partial charge in [-0.15, -0.1) is 0 Å². The van der Waals surface area contributed by atoms with Crippen LogP contribution in [0.3, 0.4) is 0 Å². The molecule has 0 radical (unpaired) electrons. The van der Waals surface area contributed by atoms with Crippen molar-refractivity contribution in [3.8, 4) is 0 Å². The Labute approximate surface area is 84.5 Å². The molecule has 0 aliphatic carbocycles. The fourth-order valence-corrected chi connectivity index (χ4v) is 1.62. The summed E-state index contributed by atoms with van der Waals surface area (Å²) >= 11 is 0. The number of rotatable bonds is 2. The van der Waals surface area contributed by atoms with Crippen molar-refractivity contribution in [2.75, 3.05) is 14.1 Å². The van der Waals surface area contributed by atoms with Gasteiger partial charge in [0.15, 0.2) is 0 Å². The first-order valence-electron chi connectivity index (χ1n) is 4.92. The molecule has 1 heterocycles. The fourth-order valence-electron chi connectivity index (χ4n) is 1.62. The summed E-state index contributed by atoms with van der Waals surface area (Å²) in [6.45, 7) is 2.21.